The molecule has 4 bridgehead atoms. The lowest BCUT2D eigenvalue weighted by Crippen LogP contribution is -2.65. The molecule has 0 saturated heterocycles. The zero-order chi connectivity index (χ0) is 15.3. The topological polar surface area (TPSA) is 79.3 Å². The van der Waals surface area contributed by atoms with Gasteiger partial charge >= 0.3 is 5.97 Å². The number of amides is 1. The second kappa shape index (κ2) is 4.80. The maximum Gasteiger partial charge on any atom is 0.311 e. The van der Waals surface area contributed by atoms with Crippen LogP contribution in [0.2, 0.25) is 0 Å². The van der Waals surface area contributed by atoms with Crippen LogP contribution >= 0.6 is 0 Å². The molecule has 22 heavy (non-hydrogen) atoms. The normalized spacial score (nSPS) is 38.7. The van der Waals surface area contributed by atoms with E-state index in [9.17, 15) is 14.7 Å². The van der Waals surface area contributed by atoms with Crippen LogP contribution in [0.5, 0.6) is 0 Å². The lowest BCUT2D eigenvalue weighted by Gasteiger charge is -2.59. The highest BCUT2D eigenvalue weighted by atomic mass is 16.4. The molecule has 1 heterocycles. The van der Waals surface area contributed by atoms with E-state index in [1.807, 2.05) is 0 Å². The molecule has 0 aromatic carbocycles. The van der Waals surface area contributed by atoms with Crippen molar-refractivity contribution >= 4 is 11.9 Å². The van der Waals surface area contributed by atoms with Gasteiger partial charge in [-0.3, -0.25) is 14.6 Å². The number of hydrogen-bond acceptors (Lipinski definition) is 3. The lowest BCUT2D eigenvalue weighted by molar-refractivity contribution is -0.169. The third-order valence-corrected chi connectivity index (χ3v) is 5.92. The molecule has 4 aliphatic carbocycles. The fourth-order valence-electron chi connectivity index (χ4n) is 5.32. The zero-order valence-electron chi connectivity index (χ0n) is 12.4. The monoisotopic (exact) mass is 300 g/mol. The Kier molecular flexibility index (Phi) is 2.99. The predicted octanol–water partition coefficient (Wildman–Crippen LogP) is 2.09. The summed E-state index contributed by atoms with van der Waals surface area (Å²) in [6, 6.07) is 4.94. The summed E-state index contributed by atoms with van der Waals surface area (Å²) in [5.74, 6) is 0.361. The first kappa shape index (κ1) is 13.7. The lowest BCUT2D eigenvalue weighted by atomic mass is 9.47. The van der Waals surface area contributed by atoms with Gasteiger partial charge in [0.05, 0.1) is 5.41 Å². The van der Waals surface area contributed by atoms with Crippen molar-refractivity contribution in [3.8, 4) is 0 Å². The molecule has 3 atom stereocenters. The minimum atomic E-state index is -0.765. The number of aliphatic carboxylic acids is 1. The largest absolute Gasteiger partial charge is 0.481 e. The van der Waals surface area contributed by atoms with Crippen molar-refractivity contribution in [1.82, 2.24) is 10.3 Å². The fraction of sp³-hybridized carbons (Fsp3) is 0.588. The number of carbonyl (C=O) groups excluding carboxylic acids is 1. The maximum atomic E-state index is 12.4. The van der Waals surface area contributed by atoms with Crippen LogP contribution in [0.15, 0.2) is 24.4 Å². The van der Waals surface area contributed by atoms with E-state index in [1.165, 1.54) is 6.42 Å². The van der Waals surface area contributed by atoms with Crippen LogP contribution in [0.3, 0.4) is 0 Å². The van der Waals surface area contributed by atoms with Crippen molar-refractivity contribution in [3.05, 3.63) is 30.1 Å². The van der Waals surface area contributed by atoms with E-state index in [-0.39, 0.29) is 11.9 Å². The number of carbonyl (C=O) groups is 2. The van der Waals surface area contributed by atoms with Crippen LogP contribution in [0.25, 0.3) is 0 Å². The number of aromatic nitrogens is 1. The van der Waals surface area contributed by atoms with E-state index >= 15 is 0 Å². The van der Waals surface area contributed by atoms with Crippen LogP contribution < -0.4 is 5.32 Å². The smallest absolute Gasteiger partial charge is 0.311 e. The molecule has 4 aliphatic rings. The van der Waals surface area contributed by atoms with Gasteiger partial charge < -0.3 is 10.4 Å². The Labute approximate surface area is 129 Å². The number of hydrogen-bond donors (Lipinski definition) is 2. The highest BCUT2D eigenvalue weighted by molar-refractivity contribution is 5.93. The Hall–Kier alpha value is -1.91. The average Bonchev–Trinajstić information content (AvgIpc) is 2.50. The number of nitrogens with one attached hydrogen (secondary N) is 1. The molecule has 2 N–H and O–H groups in total. The second-order valence-corrected chi connectivity index (χ2v) is 7.23. The van der Waals surface area contributed by atoms with Crippen LogP contribution in [0.1, 0.15) is 42.6 Å². The van der Waals surface area contributed by atoms with Crippen molar-refractivity contribution < 1.29 is 14.7 Å². The van der Waals surface area contributed by atoms with Crippen molar-refractivity contribution in [1.29, 1.82) is 0 Å². The average molecular weight is 300 g/mol. The van der Waals surface area contributed by atoms with Crippen LogP contribution in [-0.2, 0) is 4.79 Å². The second-order valence-electron chi connectivity index (χ2n) is 7.23. The number of carboxylic acid groups (broad SMARTS) is 1. The standard InChI is InChI=1S/C17H20N2O3/c20-15(13-3-1-2-4-18-13)19-14-12-6-10-5-11(7-12)9-17(14,8-10)16(21)22/h1-4,10-12,14H,5-9H2,(H,19,20)(H,21,22). The summed E-state index contributed by atoms with van der Waals surface area (Å²) in [4.78, 5) is 28.5. The zero-order valence-corrected chi connectivity index (χ0v) is 12.4. The molecule has 4 saturated carbocycles. The van der Waals surface area contributed by atoms with Gasteiger partial charge in [0.25, 0.3) is 5.91 Å². The summed E-state index contributed by atoms with van der Waals surface area (Å²) in [7, 11) is 0. The van der Waals surface area contributed by atoms with E-state index in [4.69, 9.17) is 0 Å². The minimum Gasteiger partial charge on any atom is -0.481 e. The van der Waals surface area contributed by atoms with Crippen molar-refractivity contribution in [3.63, 3.8) is 0 Å². The molecule has 5 nitrogen and oxygen atoms in total. The molecule has 4 fully saturated rings. The first-order valence-electron chi connectivity index (χ1n) is 8.04. The number of pyridine rings is 1. The Bertz CT molecular complexity index is 602. The van der Waals surface area contributed by atoms with Gasteiger partial charge in [0.2, 0.25) is 0 Å². The maximum absolute atomic E-state index is 12.4. The Morgan fingerprint density at radius 1 is 1.18 bits per heavy atom. The van der Waals surface area contributed by atoms with Crippen molar-refractivity contribution in [2.24, 2.45) is 23.2 Å². The van der Waals surface area contributed by atoms with Gasteiger partial charge in [-0.25, -0.2) is 0 Å². The molecule has 0 aliphatic heterocycles. The van der Waals surface area contributed by atoms with Crippen molar-refractivity contribution in [2.75, 3.05) is 0 Å². The van der Waals surface area contributed by atoms with Crippen LogP contribution in [-0.4, -0.2) is 28.0 Å². The van der Waals surface area contributed by atoms with Gasteiger partial charge in [-0.2, -0.15) is 0 Å². The molecule has 1 amide bonds. The molecule has 116 valence electrons. The Morgan fingerprint density at radius 3 is 2.50 bits per heavy atom. The SMILES string of the molecule is O=C(NC1C2CC3CC(C2)CC1(C(=O)O)C3)c1ccccn1. The number of nitrogens with zero attached hydrogens (tertiary/aromatic N) is 1. The molecule has 5 rings (SSSR count). The van der Waals surface area contributed by atoms with Crippen LogP contribution in [0, 0.1) is 23.2 Å². The van der Waals surface area contributed by atoms with Gasteiger partial charge in [-0.15, -0.1) is 0 Å². The predicted molar refractivity (Wildman–Crippen MR) is 79.1 cm³/mol. The first-order valence-corrected chi connectivity index (χ1v) is 8.04. The third-order valence-electron chi connectivity index (χ3n) is 5.92. The molecule has 3 unspecified atom stereocenters. The van der Waals surface area contributed by atoms with E-state index in [0.717, 1.165) is 12.8 Å². The summed E-state index contributed by atoms with van der Waals surface area (Å²) in [6.45, 7) is 0. The van der Waals surface area contributed by atoms with E-state index in [0.29, 0.717) is 36.3 Å². The summed E-state index contributed by atoms with van der Waals surface area (Å²) in [5, 5.41) is 12.9. The van der Waals surface area contributed by atoms with E-state index < -0.39 is 11.4 Å². The van der Waals surface area contributed by atoms with E-state index in [1.54, 1.807) is 24.4 Å². The highest BCUT2D eigenvalue weighted by Crippen LogP contribution is 2.60. The highest BCUT2D eigenvalue weighted by Gasteiger charge is 2.61. The fourth-order valence-corrected chi connectivity index (χ4v) is 5.32. The summed E-state index contributed by atoms with van der Waals surface area (Å²) in [6.07, 6.45) is 6.29. The summed E-state index contributed by atoms with van der Waals surface area (Å²) >= 11 is 0. The Balaban J connectivity index is 1.62. The van der Waals surface area contributed by atoms with Gasteiger partial charge in [0.15, 0.2) is 0 Å². The number of rotatable bonds is 3. The van der Waals surface area contributed by atoms with Crippen molar-refractivity contribution in [2.45, 2.75) is 38.1 Å². The van der Waals surface area contributed by atoms with Gasteiger partial charge in [0, 0.05) is 12.2 Å². The quantitative estimate of drug-likeness (QED) is 0.896. The molecule has 1 aromatic rings. The minimum absolute atomic E-state index is 0.251. The molecule has 0 spiro atoms. The molecule has 5 heteroatoms. The molecular weight excluding hydrogens is 280 g/mol. The van der Waals surface area contributed by atoms with Gasteiger partial charge in [-0.1, -0.05) is 6.07 Å². The van der Waals surface area contributed by atoms with E-state index in [2.05, 4.69) is 10.3 Å². The first-order chi connectivity index (χ1) is 10.6. The third kappa shape index (κ3) is 1.95. The number of carboxylic acids is 1. The molecule has 0 radical (unpaired) electrons. The molecular formula is C17H20N2O3. The van der Waals surface area contributed by atoms with Gasteiger partial charge in [0.1, 0.15) is 5.69 Å². The Morgan fingerprint density at radius 2 is 1.91 bits per heavy atom. The summed E-state index contributed by atoms with van der Waals surface area (Å²) < 4.78 is 0. The van der Waals surface area contributed by atoms with Gasteiger partial charge in [-0.05, 0) is 62.0 Å². The molecule has 1 aromatic heterocycles. The summed E-state index contributed by atoms with van der Waals surface area (Å²) in [5.41, 5.74) is -0.407. The van der Waals surface area contributed by atoms with Crippen LogP contribution in [0.4, 0.5) is 0 Å².